The zero-order chi connectivity index (χ0) is 16.9. The van der Waals surface area contributed by atoms with Crippen LogP contribution in [0, 0.1) is 5.92 Å². The summed E-state index contributed by atoms with van der Waals surface area (Å²) in [5.74, 6) is -0.363. The van der Waals surface area contributed by atoms with Gasteiger partial charge >= 0.3 is 5.97 Å². The summed E-state index contributed by atoms with van der Waals surface area (Å²) in [5, 5.41) is 2.85. The molecule has 1 heterocycles. The van der Waals surface area contributed by atoms with Crippen LogP contribution in [0.25, 0.3) is 0 Å². The van der Waals surface area contributed by atoms with Gasteiger partial charge in [0.25, 0.3) is 0 Å². The molecule has 24 heavy (non-hydrogen) atoms. The lowest BCUT2D eigenvalue weighted by Crippen LogP contribution is -2.25. The highest BCUT2D eigenvalue weighted by Gasteiger charge is 2.40. The lowest BCUT2D eigenvalue weighted by atomic mass is 9.94. The molecule has 2 aromatic rings. The Kier molecular flexibility index (Phi) is 4.79. The number of anilines is 1. The van der Waals surface area contributed by atoms with E-state index in [1.54, 1.807) is 24.3 Å². The van der Waals surface area contributed by atoms with Gasteiger partial charge in [-0.2, -0.15) is 0 Å². The molecule has 0 aromatic heterocycles. The maximum Gasteiger partial charge on any atom is 0.307 e. The van der Waals surface area contributed by atoms with Crippen LogP contribution in [0.3, 0.4) is 0 Å². The van der Waals surface area contributed by atoms with Crippen LogP contribution in [0.5, 0.6) is 5.75 Å². The number of nitrogens with one attached hydrogen (secondary N) is 1. The van der Waals surface area contributed by atoms with Crippen LogP contribution in [0.2, 0.25) is 0 Å². The van der Waals surface area contributed by atoms with E-state index < -0.39 is 12.0 Å². The van der Waals surface area contributed by atoms with E-state index in [9.17, 15) is 9.59 Å². The van der Waals surface area contributed by atoms with Gasteiger partial charge in [0, 0.05) is 5.69 Å². The standard InChI is InChI=1S/C19H19NO4/c1-2-23-15-10-8-14(9-11-15)20-19(22)16-12-17(21)24-18(16)13-6-4-3-5-7-13/h3-11,16,18H,2,12H2,1H3,(H,20,22)/t16-,18-/m0/s1. The van der Waals surface area contributed by atoms with E-state index >= 15 is 0 Å². The zero-order valence-electron chi connectivity index (χ0n) is 13.4. The van der Waals surface area contributed by atoms with Gasteiger partial charge in [-0.25, -0.2) is 0 Å². The van der Waals surface area contributed by atoms with Crippen LogP contribution in [0.15, 0.2) is 54.6 Å². The minimum atomic E-state index is -0.540. The molecule has 0 aliphatic carbocycles. The van der Waals surface area contributed by atoms with Crippen molar-refractivity contribution in [2.24, 2.45) is 5.92 Å². The Morgan fingerprint density at radius 2 is 1.88 bits per heavy atom. The van der Waals surface area contributed by atoms with Gasteiger partial charge in [0.05, 0.1) is 18.9 Å². The number of hydrogen-bond acceptors (Lipinski definition) is 4. The molecule has 0 saturated carbocycles. The molecular weight excluding hydrogens is 306 g/mol. The van der Waals surface area contributed by atoms with E-state index in [1.165, 1.54) is 0 Å². The third kappa shape index (κ3) is 3.56. The number of amides is 1. The highest BCUT2D eigenvalue weighted by molar-refractivity contribution is 5.96. The predicted molar refractivity (Wildman–Crippen MR) is 89.6 cm³/mol. The first-order chi connectivity index (χ1) is 11.7. The number of rotatable bonds is 5. The number of esters is 1. The highest BCUT2D eigenvalue weighted by atomic mass is 16.6. The van der Waals surface area contributed by atoms with Gasteiger partial charge in [0.2, 0.25) is 5.91 Å². The summed E-state index contributed by atoms with van der Waals surface area (Å²) in [6.45, 7) is 2.50. The third-order valence-corrected chi connectivity index (χ3v) is 3.91. The van der Waals surface area contributed by atoms with Crippen LogP contribution >= 0.6 is 0 Å². The summed E-state index contributed by atoms with van der Waals surface area (Å²) in [5.41, 5.74) is 1.49. The molecule has 1 aliphatic rings. The van der Waals surface area contributed by atoms with Gasteiger partial charge < -0.3 is 14.8 Å². The largest absolute Gasteiger partial charge is 0.494 e. The molecule has 1 amide bonds. The van der Waals surface area contributed by atoms with E-state index in [0.29, 0.717) is 12.3 Å². The second-order valence-corrected chi connectivity index (χ2v) is 5.58. The minimum absolute atomic E-state index is 0.0857. The van der Waals surface area contributed by atoms with Crippen molar-refractivity contribution in [2.75, 3.05) is 11.9 Å². The summed E-state index contributed by atoms with van der Waals surface area (Å²) in [7, 11) is 0. The molecule has 1 saturated heterocycles. The molecule has 2 aromatic carbocycles. The number of carbonyl (C=O) groups excluding carboxylic acids is 2. The van der Waals surface area contributed by atoms with Crippen molar-refractivity contribution in [2.45, 2.75) is 19.4 Å². The van der Waals surface area contributed by atoms with Crippen LogP contribution in [-0.4, -0.2) is 18.5 Å². The van der Waals surface area contributed by atoms with Crippen LogP contribution in [0.4, 0.5) is 5.69 Å². The molecule has 0 radical (unpaired) electrons. The molecule has 5 heteroatoms. The molecule has 0 bridgehead atoms. The predicted octanol–water partition coefficient (Wildman–Crippen LogP) is 3.33. The maximum absolute atomic E-state index is 12.6. The Morgan fingerprint density at radius 1 is 1.17 bits per heavy atom. The van der Waals surface area contributed by atoms with Gasteiger partial charge in [0.15, 0.2) is 0 Å². The first kappa shape index (κ1) is 16.1. The smallest absolute Gasteiger partial charge is 0.307 e. The summed E-state index contributed by atoms with van der Waals surface area (Å²) in [6, 6.07) is 16.5. The average Bonchev–Trinajstić information content (AvgIpc) is 3.00. The molecule has 124 valence electrons. The van der Waals surface area contributed by atoms with E-state index in [-0.39, 0.29) is 18.3 Å². The number of cyclic esters (lactones) is 1. The molecule has 0 unspecified atom stereocenters. The van der Waals surface area contributed by atoms with Crippen molar-refractivity contribution in [3.05, 3.63) is 60.2 Å². The lowest BCUT2D eigenvalue weighted by Gasteiger charge is -2.17. The monoisotopic (exact) mass is 325 g/mol. The lowest BCUT2D eigenvalue weighted by molar-refractivity contribution is -0.141. The summed E-state index contributed by atoms with van der Waals surface area (Å²) in [6.07, 6.45) is -0.455. The zero-order valence-corrected chi connectivity index (χ0v) is 13.4. The Labute approximate surface area is 140 Å². The van der Waals surface area contributed by atoms with E-state index in [4.69, 9.17) is 9.47 Å². The third-order valence-electron chi connectivity index (χ3n) is 3.91. The Balaban J connectivity index is 1.72. The maximum atomic E-state index is 12.6. The molecule has 2 atom stereocenters. The first-order valence-electron chi connectivity index (χ1n) is 7.95. The average molecular weight is 325 g/mol. The van der Waals surface area contributed by atoms with Crippen molar-refractivity contribution in [1.29, 1.82) is 0 Å². The molecule has 0 spiro atoms. The fourth-order valence-electron chi connectivity index (χ4n) is 2.77. The summed E-state index contributed by atoms with van der Waals surface area (Å²) >= 11 is 0. The van der Waals surface area contributed by atoms with Crippen molar-refractivity contribution >= 4 is 17.6 Å². The molecule has 1 N–H and O–H groups in total. The number of carbonyl (C=O) groups is 2. The summed E-state index contributed by atoms with van der Waals surface area (Å²) < 4.78 is 10.7. The summed E-state index contributed by atoms with van der Waals surface area (Å²) in [4.78, 5) is 24.3. The van der Waals surface area contributed by atoms with Crippen LogP contribution in [-0.2, 0) is 14.3 Å². The Bertz CT molecular complexity index is 712. The fraction of sp³-hybridized carbons (Fsp3) is 0.263. The van der Waals surface area contributed by atoms with E-state index in [0.717, 1.165) is 11.3 Å². The molecular formula is C19H19NO4. The second-order valence-electron chi connectivity index (χ2n) is 5.58. The van der Waals surface area contributed by atoms with Gasteiger partial charge in [-0.1, -0.05) is 30.3 Å². The topological polar surface area (TPSA) is 64.6 Å². The number of hydrogen-bond donors (Lipinski definition) is 1. The molecule has 1 fully saturated rings. The molecule has 1 aliphatic heterocycles. The first-order valence-corrected chi connectivity index (χ1v) is 7.95. The SMILES string of the molecule is CCOc1ccc(NC(=O)[C@H]2CC(=O)O[C@H]2c2ccccc2)cc1. The Morgan fingerprint density at radius 3 is 2.54 bits per heavy atom. The van der Waals surface area contributed by atoms with Crippen molar-refractivity contribution in [3.8, 4) is 5.75 Å². The quantitative estimate of drug-likeness (QED) is 0.857. The second kappa shape index (κ2) is 7.17. The van der Waals surface area contributed by atoms with Crippen molar-refractivity contribution in [1.82, 2.24) is 0 Å². The minimum Gasteiger partial charge on any atom is -0.494 e. The van der Waals surface area contributed by atoms with E-state index in [1.807, 2.05) is 37.3 Å². The van der Waals surface area contributed by atoms with Gasteiger partial charge in [-0.15, -0.1) is 0 Å². The normalized spacial score (nSPS) is 19.6. The fourth-order valence-corrected chi connectivity index (χ4v) is 2.77. The van der Waals surface area contributed by atoms with Gasteiger partial charge in [-0.05, 0) is 36.8 Å². The van der Waals surface area contributed by atoms with Crippen molar-refractivity contribution < 1.29 is 19.1 Å². The molecule has 5 nitrogen and oxygen atoms in total. The Hall–Kier alpha value is -2.82. The van der Waals surface area contributed by atoms with Gasteiger partial charge in [-0.3, -0.25) is 9.59 Å². The van der Waals surface area contributed by atoms with E-state index in [2.05, 4.69) is 5.32 Å². The van der Waals surface area contributed by atoms with Crippen LogP contribution < -0.4 is 10.1 Å². The van der Waals surface area contributed by atoms with Gasteiger partial charge in [0.1, 0.15) is 11.9 Å². The number of ether oxygens (including phenoxy) is 2. The number of benzene rings is 2. The molecule has 3 rings (SSSR count). The van der Waals surface area contributed by atoms with Crippen LogP contribution in [0.1, 0.15) is 25.0 Å². The van der Waals surface area contributed by atoms with Crippen molar-refractivity contribution in [3.63, 3.8) is 0 Å². The highest BCUT2D eigenvalue weighted by Crippen LogP contribution is 2.36.